The Kier molecular flexibility index (Phi) is 5.73. The van der Waals surface area contributed by atoms with Crippen LogP contribution in [0.4, 0.5) is 5.69 Å². The first-order chi connectivity index (χ1) is 12.7. The molecule has 2 aromatic carbocycles. The van der Waals surface area contributed by atoms with Gasteiger partial charge in [0.05, 0.1) is 0 Å². The highest BCUT2D eigenvalue weighted by atomic mass is 16.1. The topological polar surface area (TPSA) is 74.0 Å². The van der Waals surface area contributed by atoms with Crippen molar-refractivity contribution < 1.29 is 4.79 Å². The lowest BCUT2D eigenvalue weighted by molar-refractivity contribution is 0.1000. The summed E-state index contributed by atoms with van der Waals surface area (Å²) >= 11 is 0. The summed E-state index contributed by atoms with van der Waals surface area (Å²) in [6.07, 6.45) is 0. The van der Waals surface area contributed by atoms with Crippen molar-refractivity contribution in [2.75, 3.05) is 38.1 Å². The predicted octanol–water partition coefficient (Wildman–Crippen LogP) is 1.68. The normalized spacial score (nSPS) is 15.0. The van der Waals surface area contributed by atoms with Crippen molar-refractivity contribution in [2.45, 2.75) is 6.54 Å². The molecule has 1 saturated heterocycles. The van der Waals surface area contributed by atoms with Gasteiger partial charge in [0, 0.05) is 51.0 Å². The van der Waals surface area contributed by atoms with Gasteiger partial charge >= 0.3 is 0 Å². The Morgan fingerprint density at radius 2 is 1.81 bits per heavy atom. The molecule has 0 aliphatic carbocycles. The van der Waals surface area contributed by atoms with Gasteiger partial charge < -0.3 is 20.9 Å². The number of para-hydroxylation sites is 1. The molecule has 6 heteroatoms. The Bertz CT molecular complexity index is 767. The number of carbonyl (C=O) groups is 1. The molecule has 0 radical (unpaired) electrons. The number of anilines is 1. The second-order valence-electron chi connectivity index (χ2n) is 6.28. The van der Waals surface area contributed by atoms with Crippen molar-refractivity contribution in [2.24, 2.45) is 10.7 Å². The number of guanidine groups is 1. The lowest BCUT2D eigenvalue weighted by Crippen LogP contribution is -2.52. The molecule has 6 nitrogen and oxygen atoms in total. The van der Waals surface area contributed by atoms with E-state index in [2.05, 4.69) is 44.4 Å². The number of primary amides is 1. The Morgan fingerprint density at radius 1 is 1.08 bits per heavy atom. The van der Waals surface area contributed by atoms with E-state index in [1.54, 1.807) is 13.1 Å². The number of rotatable bonds is 4. The maximum atomic E-state index is 11.3. The summed E-state index contributed by atoms with van der Waals surface area (Å²) in [7, 11) is 1.80. The number of piperazine rings is 1. The second kappa shape index (κ2) is 8.38. The fraction of sp³-hybridized carbons (Fsp3) is 0.300. The molecule has 1 amide bonds. The molecule has 3 rings (SSSR count). The minimum atomic E-state index is -0.409. The fourth-order valence-electron chi connectivity index (χ4n) is 3.16. The van der Waals surface area contributed by atoms with Crippen molar-refractivity contribution >= 4 is 17.6 Å². The fourth-order valence-corrected chi connectivity index (χ4v) is 3.16. The van der Waals surface area contributed by atoms with Gasteiger partial charge in [-0.2, -0.15) is 0 Å². The van der Waals surface area contributed by atoms with Gasteiger partial charge in [0.1, 0.15) is 0 Å². The van der Waals surface area contributed by atoms with Crippen LogP contribution in [0.3, 0.4) is 0 Å². The first-order valence-corrected chi connectivity index (χ1v) is 8.81. The van der Waals surface area contributed by atoms with Crippen LogP contribution in [0, 0.1) is 0 Å². The van der Waals surface area contributed by atoms with Crippen molar-refractivity contribution in [1.82, 2.24) is 10.2 Å². The first kappa shape index (κ1) is 17.8. The van der Waals surface area contributed by atoms with E-state index in [9.17, 15) is 4.79 Å². The first-order valence-electron chi connectivity index (χ1n) is 8.81. The van der Waals surface area contributed by atoms with Crippen molar-refractivity contribution in [1.29, 1.82) is 0 Å². The Balaban J connectivity index is 1.55. The van der Waals surface area contributed by atoms with Crippen molar-refractivity contribution in [3.63, 3.8) is 0 Å². The maximum absolute atomic E-state index is 11.3. The summed E-state index contributed by atoms with van der Waals surface area (Å²) in [5, 5.41) is 3.38. The molecule has 1 aliphatic heterocycles. The second-order valence-corrected chi connectivity index (χ2v) is 6.28. The van der Waals surface area contributed by atoms with Gasteiger partial charge in [0.25, 0.3) is 0 Å². The lowest BCUT2D eigenvalue weighted by atomic mass is 10.1. The van der Waals surface area contributed by atoms with E-state index in [0.29, 0.717) is 12.1 Å². The van der Waals surface area contributed by atoms with E-state index in [1.807, 2.05) is 24.3 Å². The minimum Gasteiger partial charge on any atom is -0.368 e. The van der Waals surface area contributed by atoms with Crippen LogP contribution in [0.5, 0.6) is 0 Å². The number of nitrogens with two attached hydrogens (primary N) is 1. The molecule has 0 atom stereocenters. The van der Waals surface area contributed by atoms with E-state index in [0.717, 1.165) is 37.7 Å². The number of hydrogen-bond acceptors (Lipinski definition) is 3. The molecule has 0 saturated carbocycles. The van der Waals surface area contributed by atoms with Gasteiger partial charge in [-0.15, -0.1) is 0 Å². The highest BCUT2D eigenvalue weighted by molar-refractivity contribution is 5.92. The highest BCUT2D eigenvalue weighted by Gasteiger charge is 2.19. The van der Waals surface area contributed by atoms with E-state index >= 15 is 0 Å². The summed E-state index contributed by atoms with van der Waals surface area (Å²) in [6, 6.07) is 17.8. The SMILES string of the molecule is CN=C(NCc1cccc(C(N)=O)c1)N1CCN(c2ccccc2)CC1. The Hall–Kier alpha value is -3.02. The van der Waals surface area contributed by atoms with Gasteiger partial charge in [0.15, 0.2) is 5.96 Å². The molecule has 1 fully saturated rings. The molecular formula is C20H25N5O. The molecular weight excluding hydrogens is 326 g/mol. The van der Waals surface area contributed by atoms with E-state index in [-0.39, 0.29) is 0 Å². The molecule has 0 aromatic heterocycles. The summed E-state index contributed by atoms with van der Waals surface area (Å²) in [4.78, 5) is 20.4. The van der Waals surface area contributed by atoms with E-state index < -0.39 is 5.91 Å². The number of carbonyl (C=O) groups excluding carboxylic acids is 1. The van der Waals surface area contributed by atoms with Gasteiger partial charge in [0.2, 0.25) is 5.91 Å². The predicted molar refractivity (Wildman–Crippen MR) is 105 cm³/mol. The van der Waals surface area contributed by atoms with Crippen LogP contribution in [0.2, 0.25) is 0 Å². The highest BCUT2D eigenvalue weighted by Crippen LogP contribution is 2.15. The zero-order valence-electron chi connectivity index (χ0n) is 15.1. The summed E-state index contributed by atoms with van der Waals surface area (Å²) in [5.74, 6) is 0.468. The molecule has 0 unspecified atom stereocenters. The Labute approximate surface area is 154 Å². The van der Waals surface area contributed by atoms with E-state index in [1.165, 1.54) is 5.69 Å². The molecule has 1 heterocycles. The van der Waals surface area contributed by atoms with Crippen LogP contribution < -0.4 is 16.0 Å². The van der Waals surface area contributed by atoms with Gasteiger partial charge in [-0.3, -0.25) is 9.79 Å². The average molecular weight is 351 g/mol. The third-order valence-corrected chi connectivity index (χ3v) is 4.57. The third-order valence-electron chi connectivity index (χ3n) is 4.57. The average Bonchev–Trinajstić information content (AvgIpc) is 2.70. The zero-order valence-corrected chi connectivity index (χ0v) is 15.1. The summed E-state index contributed by atoms with van der Waals surface area (Å²) < 4.78 is 0. The summed E-state index contributed by atoms with van der Waals surface area (Å²) in [6.45, 7) is 4.35. The molecule has 3 N–H and O–H groups in total. The molecule has 136 valence electrons. The minimum absolute atomic E-state index is 0.409. The molecule has 0 bridgehead atoms. The van der Waals surface area contributed by atoms with Crippen LogP contribution in [-0.2, 0) is 6.54 Å². The molecule has 2 aromatic rings. The van der Waals surface area contributed by atoms with Gasteiger partial charge in [-0.25, -0.2) is 0 Å². The molecule has 26 heavy (non-hydrogen) atoms. The zero-order chi connectivity index (χ0) is 18.4. The van der Waals surface area contributed by atoms with Gasteiger partial charge in [-0.05, 0) is 29.8 Å². The number of nitrogens with one attached hydrogen (secondary N) is 1. The van der Waals surface area contributed by atoms with Crippen molar-refractivity contribution in [3.05, 3.63) is 65.7 Å². The number of benzene rings is 2. The van der Waals surface area contributed by atoms with E-state index in [4.69, 9.17) is 5.73 Å². The molecule has 0 spiro atoms. The quantitative estimate of drug-likeness (QED) is 0.649. The largest absolute Gasteiger partial charge is 0.368 e. The van der Waals surface area contributed by atoms with Crippen LogP contribution in [0.25, 0.3) is 0 Å². The van der Waals surface area contributed by atoms with Crippen molar-refractivity contribution in [3.8, 4) is 0 Å². The van der Waals surface area contributed by atoms with Crippen LogP contribution >= 0.6 is 0 Å². The van der Waals surface area contributed by atoms with Crippen LogP contribution in [0.15, 0.2) is 59.6 Å². The Morgan fingerprint density at radius 3 is 2.46 bits per heavy atom. The molecule has 1 aliphatic rings. The number of hydrogen-bond donors (Lipinski definition) is 2. The monoisotopic (exact) mass is 351 g/mol. The smallest absolute Gasteiger partial charge is 0.248 e. The number of nitrogens with zero attached hydrogens (tertiary/aromatic N) is 3. The summed E-state index contributed by atoms with van der Waals surface area (Å²) in [5.41, 5.74) is 8.14. The van der Waals surface area contributed by atoms with Gasteiger partial charge in [-0.1, -0.05) is 30.3 Å². The van der Waals surface area contributed by atoms with Crippen LogP contribution in [0.1, 0.15) is 15.9 Å². The lowest BCUT2D eigenvalue weighted by Gasteiger charge is -2.37. The van der Waals surface area contributed by atoms with Crippen LogP contribution in [-0.4, -0.2) is 50.0 Å². The third kappa shape index (κ3) is 4.33. The maximum Gasteiger partial charge on any atom is 0.248 e. The number of aliphatic imine (C=N–C) groups is 1. The standard InChI is InChI=1S/C20H25N5O/c1-22-20(23-15-16-6-5-7-17(14-16)19(21)26)25-12-10-24(11-13-25)18-8-3-2-4-9-18/h2-9,14H,10-13,15H2,1H3,(H2,21,26)(H,22,23). The number of amides is 1.